The Hall–Kier alpha value is -3.71. The number of amides is 2. The molecule has 3 aromatic rings. The summed E-state index contributed by atoms with van der Waals surface area (Å²) in [6.45, 7) is 1.87. The van der Waals surface area contributed by atoms with Gasteiger partial charge in [0.05, 0.1) is 0 Å². The Morgan fingerprint density at radius 1 is 0.839 bits per heavy atom. The molecular weight excluding hydrogens is 410 g/mol. The maximum absolute atomic E-state index is 12.3. The third kappa shape index (κ3) is 6.65. The van der Waals surface area contributed by atoms with Crippen molar-refractivity contribution in [1.82, 2.24) is 16.2 Å². The third-order valence-corrected chi connectivity index (χ3v) is 4.70. The van der Waals surface area contributed by atoms with E-state index in [0.29, 0.717) is 11.3 Å². The van der Waals surface area contributed by atoms with Gasteiger partial charge in [-0.25, -0.2) is 0 Å². The lowest BCUT2D eigenvalue weighted by atomic mass is 10.0. The Balaban J connectivity index is 1.42. The molecule has 0 radical (unpaired) electrons. The number of rotatable bonds is 6. The molecule has 0 unspecified atom stereocenters. The summed E-state index contributed by atoms with van der Waals surface area (Å²) in [5.41, 5.74) is 8.71. The average molecular weight is 434 g/mol. The van der Waals surface area contributed by atoms with E-state index in [1.54, 1.807) is 12.1 Å². The van der Waals surface area contributed by atoms with Crippen LogP contribution in [0, 0.1) is 0 Å². The number of nitrogens with one attached hydrogen (secondary N) is 3. The molecule has 0 aliphatic carbocycles. The molecule has 3 aromatic carbocycles. The summed E-state index contributed by atoms with van der Waals surface area (Å²) in [4.78, 5) is 24.2. The number of carbonyl (C=O) groups excluding carboxylic acids is 2. The molecular formula is C24H23N3O3S. The fourth-order valence-corrected chi connectivity index (χ4v) is 2.96. The van der Waals surface area contributed by atoms with Crippen LogP contribution in [0.25, 0.3) is 11.1 Å². The summed E-state index contributed by atoms with van der Waals surface area (Å²) in [6, 6.07) is 24.6. The first-order valence-electron chi connectivity index (χ1n) is 9.82. The van der Waals surface area contributed by atoms with Gasteiger partial charge in [0.2, 0.25) is 0 Å². The third-order valence-electron chi connectivity index (χ3n) is 4.50. The van der Waals surface area contributed by atoms with Crippen LogP contribution in [0.3, 0.4) is 0 Å². The van der Waals surface area contributed by atoms with Crippen LogP contribution in [0.4, 0.5) is 0 Å². The highest BCUT2D eigenvalue weighted by Crippen LogP contribution is 2.19. The Labute approximate surface area is 186 Å². The minimum Gasteiger partial charge on any atom is -0.484 e. The van der Waals surface area contributed by atoms with Crippen LogP contribution in [0.5, 0.6) is 5.75 Å². The van der Waals surface area contributed by atoms with E-state index in [2.05, 4.69) is 23.1 Å². The number of benzene rings is 3. The molecule has 31 heavy (non-hydrogen) atoms. The van der Waals surface area contributed by atoms with Gasteiger partial charge in [-0.15, -0.1) is 0 Å². The van der Waals surface area contributed by atoms with Crippen LogP contribution in [-0.4, -0.2) is 23.5 Å². The van der Waals surface area contributed by atoms with Gasteiger partial charge in [-0.1, -0.05) is 61.5 Å². The first-order chi connectivity index (χ1) is 15.0. The maximum atomic E-state index is 12.3. The predicted octanol–water partition coefficient (Wildman–Crippen LogP) is 3.63. The maximum Gasteiger partial charge on any atom is 0.269 e. The minimum absolute atomic E-state index is 0.0239. The molecule has 0 aromatic heterocycles. The first kappa shape index (κ1) is 22.0. The molecule has 158 valence electrons. The summed E-state index contributed by atoms with van der Waals surface area (Å²) in [5.74, 6) is -0.208. The number of ether oxygens (including phenoxy) is 1. The quantitative estimate of drug-likeness (QED) is 0.409. The molecule has 3 rings (SSSR count). The van der Waals surface area contributed by atoms with E-state index in [9.17, 15) is 9.59 Å². The summed E-state index contributed by atoms with van der Waals surface area (Å²) in [7, 11) is 0. The van der Waals surface area contributed by atoms with Crippen molar-refractivity contribution in [3.8, 4) is 16.9 Å². The summed E-state index contributed by atoms with van der Waals surface area (Å²) < 4.78 is 5.42. The van der Waals surface area contributed by atoms with Crippen LogP contribution >= 0.6 is 12.2 Å². The normalized spacial score (nSPS) is 10.1. The molecule has 0 spiro atoms. The minimum atomic E-state index is -0.432. The van der Waals surface area contributed by atoms with Crippen molar-refractivity contribution in [1.29, 1.82) is 0 Å². The van der Waals surface area contributed by atoms with Crippen LogP contribution in [0.2, 0.25) is 0 Å². The second-order valence-electron chi connectivity index (χ2n) is 6.69. The topological polar surface area (TPSA) is 79.5 Å². The zero-order chi connectivity index (χ0) is 22.1. The standard InChI is InChI=1S/C24H23N3O3S/c1-2-17-8-14-21(15-9-17)30-16-22(28)25-24(31)27-26-23(29)20-12-10-19(11-13-20)18-6-4-3-5-7-18/h3-15H,2,16H2,1H3,(H,26,29)(H2,25,27,28,31). The number of thiocarbonyl (C=S) groups is 1. The monoisotopic (exact) mass is 433 g/mol. The van der Waals surface area contributed by atoms with E-state index in [4.69, 9.17) is 17.0 Å². The van der Waals surface area contributed by atoms with E-state index in [0.717, 1.165) is 17.5 Å². The average Bonchev–Trinajstić information content (AvgIpc) is 2.82. The van der Waals surface area contributed by atoms with Crippen molar-refractivity contribution < 1.29 is 14.3 Å². The lowest BCUT2D eigenvalue weighted by Gasteiger charge is -2.12. The molecule has 6 nitrogen and oxygen atoms in total. The summed E-state index contributed by atoms with van der Waals surface area (Å²) in [6.07, 6.45) is 0.934. The zero-order valence-corrected chi connectivity index (χ0v) is 17.9. The molecule has 0 fully saturated rings. The van der Waals surface area contributed by atoms with Crippen molar-refractivity contribution in [2.45, 2.75) is 13.3 Å². The molecule has 7 heteroatoms. The van der Waals surface area contributed by atoms with Gasteiger partial charge in [-0.3, -0.25) is 25.8 Å². The number of hydrogen-bond donors (Lipinski definition) is 3. The summed E-state index contributed by atoms with van der Waals surface area (Å²) >= 11 is 5.03. The van der Waals surface area contributed by atoms with Gasteiger partial charge < -0.3 is 4.74 Å². The predicted molar refractivity (Wildman–Crippen MR) is 125 cm³/mol. The lowest BCUT2D eigenvalue weighted by molar-refractivity contribution is -0.121. The molecule has 0 saturated carbocycles. The Morgan fingerprint density at radius 2 is 1.48 bits per heavy atom. The number of hydrazine groups is 1. The van der Waals surface area contributed by atoms with Crippen molar-refractivity contribution in [2.75, 3.05) is 6.61 Å². The fourth-order valence-electron chi connectivity index (χ4n) is 2.79. The molecule has 0 heterocycles. The molecule has 2 amide bonds. The molecule has 3 N–H and O–H groups in total. The second-order valence-corrected chi connectivity index (χ2v) is 7.09. The largest absolute Gasteiger partial charge is 0.484 e. The van der Waals surface area contributed by atoms with Crippen molar-refractivity contribution in [2.24, 2.45) is 0 Å². The fraction of sp³-hybridized carbons (Fsp3) is 0.125. The van der Waals surface area contributed by atoms with Crippen molar-refractivity contribution in [3.05, 3.63) is 90.0 Å². The summed E-state index contributed by atoms with van der Waals surface area (Å²) in [5, 5.41) is 2.43. The second kappa shape index (κ2) is 10.9. The van der Waals surface area contributed by atoms with Gasteiger partial charge in [-0.2, -0.15) is 0 Å². The van der Waals surface area contributed by atoms with Gasteiger partial charge >= 0.3 is 0 Å². The van der Waals surface area contributed by atoms with Crippen LogP contribution in [0.1, 0.15) is 22.8 Å². The lowest BCUT2D eigenvalue weighted by Crippen LogP contribution is -2.49. The van der Waals surface area contributed by atoms with Gasteiger partial charge in [0.1, 0.15) is 5.75 Å². The highest BCUT2D eigenvalue weighted by molar-refractivity contribution is 7.80. The van der Waals surface area contributed by atoms with E-state index in [1.165, 1.54) is 5.56 Å². The number of aryl methyl sites for hydroxylation is 1. The first-order valence-corrected chi connectivity index (χ1v) is 10.2. The molecule has 0 aliphatic heterocycles. The zero-order valence-electron chi connectivity index (χ0n) is 17.1. The SMILES string of the molecule is CCc1ccc(OCC(=O)NC(=S)NNC(=O)c2ccc(-c3ccccc3)cc2)cc1. The Bertz CT molecular complexity index is 1040. The molecule has 0 saturated heterocycles. The number of carbonyl (C=O) groups is 2. The van der Waals surface area contributed by atoms with Crippen molar-refractivity contribution in [3.63, 3.8) is 0 Å². The van der Waals surface area contributed by atoms with E-state index in [-0.39, 0.29) is 17.6 Å². The Morgan fingerprint density at radius 3 is 2.13 bits per heavy atom. The highest BCUT2D eigenvalue weighted by Gasteiger charge is 2.09. The van der Waals surface area contributed by atoms with Gasteiger partial charge in [0, 0.05) is 5.56 Å². The smallest absolute Gasteiger partial charge is 0.269 e. The van der Waals surface area contributed by atoms with Gasteiger partial charge in [0.15, 0.2) is 11.7 Å². The van der Waals surface area contributed by atoms with Crippen LogP contribution in [0.15, 0.2) is 78.9 Å². The van der Waals surface area contributed by atoms with Crippen LogP contribution < -0.4 is 20.9 Å². The van der Waals surface area contributed by atoms with E-state index < -0.39 is 5.91 Å². The Kier molecular flexibility index (Phi) is 7.73. The molecule has 0 bridgehead atoms. The molecule has 0 aliphatic rings. The van der Waals surface area contributed by atoms with E-state index in [1.807, 2.05) is 66.7 Å². The molecule has 0 atom stereocenters. The van der Waals surface area contributed by atoms with Gasteiger partial charge in [-0.05, 0) is 59.6 Å². The van der Waals surface area contributed by atoms with Gasteiger partial charge in [0.25, 0.3) is 11.8 Å². The van der Waals surface area contributed by atoms with Crippen LogP contribution in [-0.2, 0) is 11.2 Å². The van der Waals surface area contributed by atoms with E-state index >= 15 is 0 Å². The highest BCUT2D eigenvalue weighted by atomic mass is 32.1. The van der Waals surface area contributed by atoms with Crippen molar-refractivity contribution >= 4 is 29.1 Å². The number of hydrogen-bond acceptors (Lipinski definition) is 4.